The first-order chi connectivity index (χ1) is 12.0. The molecule has 3 rings (SSSR count). The van der Waals surface area contributed by atoms with Crippen molar-refractivity contribution in [2.75, 3.05) is 18.0 Å². The maximum absolute atomic E-state index is 11.0. The molecule has 0 unspecified atom stereocenters. The first-order valence-corrected chi connectivity index (χ1v) is 9.44. The van der Waals surface area contributed by atoms with Gasteiger partial charge in [-0.25, -0.2) is 4.98 Å². The molecule has 0 radical (unpaired) electrons. The topological polar surface area (TPSA) is 108 Å². The van der Waals surface area contributed by atoms with Crippen LogP contribution >= 0.6 is 7.60 Å². The summed E-state index contributed by atoms with van der Waals surface area (Å²) in [5.41, 5.74) is 3.42. The molecule has 3 N–H and O–H groups in total. The van der Waals surface area contributed by atoms with Crippen LogP contribution in [0.4, 0.5) is 5.69 Å². The molecule has 25 heavy (non-hydrogen) atoms. The second-order valence-electron chi connectivity index (χ2n) is 5.37. The molecule has 0 aromatic carbocycles. The van der Waals surface area contributed by atoms with E-state index in [-0.39, 0.29) is 12.7 Å². The third-order valence-electron chi connectivity index (χ3n) is 3.41. The number of hydrogen-bond acceptors (Lipinski definition) is 5. The highest BCUT2D eigenvalue weighted by atomic mass is 31.2. The van der Waals surface area contributed by atoms with Gasteiger partial charge in [0.05, 0.1) is 28.9 Å². The van der Waals surface area contributed by atoms with Gasteiger partial charge in [-0.15, -0.1) is 0 Å². The Morgan fingerprint density at radius 1 is 0.880 bits per heavy atom. The summed E-state index contributed by atoms with van der Waals surface area (Å²) in [5, 5.41) is 3.03. The van der Waals surface area contributed by atoms with Crippen molar-refractivity contribution in [3.63, 3.8) is 0 Å². The molecule has 0 saturated carbocycles. The number of aromatic nitrogens is 3. The van der Waals surface area contributed by atoms with Crippen LogP contribution in [-0.4, -0.2) is 37.4 Å². The molecule has 8 heteroatoms. The van der Waals surface area contributed by atoms with Gasteiger partial charge in [0.15, 0.2) is 0 Å². The largest absolute Gasteiger partial charge is 0.384 e. The molecule has 0 saturated heterocycles. The third-order valence-corrected chi connectivity index (χ3v) is 4.22. The van der Waals surface area contributed by atoms with Crippen molar-refractivity contribution in [2.24, 2.45) is 0 Å². The molecule has 0 spiro atoms. The predicted molar refractivity (Wildman–Crippen MR) is 96.1 cm³/mol. The molecular weight excluding hydrogens is 339 g/mol. The highest BCUT2D eigenvalue weighted by Crippen LogP contribution is 2.33. The maximum atomic E-state index is 11.0. The number of nitrogens with one attached hydrogen (secondary N) is 1. The van der Waals surface area contributed by atoms with Gasteiger partial charge in [-0.1, -0.05) is 12.1 Å². The van der Waals surface area contributed by atoms with E-state index in [1.807, 2.05) is 36.4 Å². The quantitative estimate of drug-likeness (QED) is 0.583. The Balaban J connectivity index is 1.95. The normalized spacial score (nSPS) is 11.3. The average molecular weight is 356 g/mol. The standard InChI is InChI=1S/C17H17N4O3P/c22-25(23,24)10-9-18-13-11-16(14-5-1-3-7-19-14)21-17(12-13)15-6-2-4-8-20-15/h1-8,11-12H,9-10H2,(H,18,21)(H2,22,23,24). The molecule has 0 fully saturated rings. The second kappa shape index (κ2) is 7.53. The van der Waals surface area contributed by atoms with Gasteiger partial charge in [0.2, 0.25) is 0 Å². The van der Waals surface area contributed by atoms with Crippen LogP contribution in [0.3, 0.4) is 0 Å². The first kappa shape index (κ1) is 17.2. The number of hydrogen-bond donors (Lipinski definition) is 3. The van der Waals surface area contributed by atoms with E-state index in [2.05, 4.69) is 20.3 Å². The highest BCUT2D eigenvalue weighted by Gasteiger charge is 2.13. The van der Waals surface area contributed by atoms with Crippen molar-refractivity contribution in [1.82, 2.24) is 15.0 Å². The second-order valence-corrected chi connectivity index (χ2v) is 7.15. The lowest BCUT2D eigenvalue weighted by Crippen LogP contribution is -2.07. The summed E-state index contributed by atoms with van der Waals surface area (Å²) in [4.78, 5) is 31.2. The Bertz CT molecular complexity index is 827. The zero-order valence-electron chi connectivity index (χ0n) is 13.3. The first-order valence-electron chi connectivity index (χ1n) is 7.65. The number of rotatable bonds is 6. The fraction of sp³-hybridized carbons (Fsp3) is 0.118. The van der Waals surface area contributed by atoms with Gasteiger partial charge in [-0.3, -0.25) is 14.5 Å². The monoisotopic (exact) mass is 356 g/mol. The van der Waals surface area contributed by atoms with Gasteiger partial charge in [-0.05, 0) is 36.4 Å². The summed E-state index contributed by atoms with van der Waals surface area (Å²) in [6.45, 7) is 0.150. The molecule has 0 amide bonds. The Kier molecular flexibility index (Phi) is 5.19. The molecule has 3 heterocycles. The highest BCUT2D eigenvalue weighted by molar-refractivity contribution is 7.51. The molecule has 3 aromatic heterocycles. The Labute approximate surface area is 145 Å². The Morgan fingerprint density at radius 2 is 1.44 bits per heavy atom. The zero-order chi connectivity index (χ0) is 17.7. The van der Waals surface area contributed by atoms with Crippen molar-refractivity contribution in [1.29, 1.82) is 0 Å². The lowest BCUT2D eigenvalue weighted by atomic mass is 10.1. The Hall–Kier alpha value is -2.60. The minimum atomic E-state index is -4.05. The molecule has 3 aromatic rings. The summed E-state index contributed by atoms with van der Waals surface area (Å²) in [5.74, 6) is 0. The molecule has 0 aliphatic rings. The van der Waals surface area contributed by atoms with E-state index in [4.69, 9.17) is 9.79 Å². The van der Waals surface area contributed by atoms with Crippen molar-refractivity contribution in [3.05, 3.63) is 60.9 Å². The summed E-state index contributed by atoms with van der Waals surface area (Å²) in [7, 11) is -4.05. The molecule has 0 atom stereocenters. The van der Waals surface area contributed by atoms with Gasteiger partial charge in [0.1, 0.15) is 0 Å². The molecule has 128 valence electrons. The van der Waals surface area contributed by atoms with Crippen molar-refractivity contribution in [2.45, 2.75) is 0 Å². The molecule has 7 nitrogen and oxygen atoms in total. The molecular formula is C17H17N4O3P. The number of anilines is 1. The number of pyridine rings is 3. The zero-order valence-corrected chi connectivity index (χ0v) is 14.2. The molecule has 0 aliphatic carbocycles. The average Bonchev–Trinajstić information content (AvgIpc) is 2.62. The van der Waals surface area contributed by atoms with Gasteiger partial charge < -0.3 is 15.1 Å². The fourth-order valence-corrected chi connectivity index (χ4v) is 2.67. The number of nitrogens with zero attached hydrogens (tertiary/aromatic N) is 3. The minimum absolute atomic E-state index is 0.150. The summed E-state index contributed by atoms with van der Waals surface area (Å²) in [6.07, 6.45) is 3.13. The summed E-state index contributed by atoms with van der Waals surface area (Å²) >= 11 is 0. The maximum Gasteiger partial charge on any atom is 0.327 e. The van der Waals surface area contributed by atoms with Gasteiger partial charge in [-0.2, -0.15) is 0 Å². The predicted octanol–water partition coefficient (Wildman–Crippen LogP) is 2.80. The molecule has 0 aliphatic heterocycles. The van der Waals surface area contributed by atoms with Crippen LogP contribution in [0, 0.1) is 0 Å². The SMILES string of the molecule is O=P(O)(O)CCNc1cc(-c2ccccn2)nc(-c2ccccn2)c1. The van der Waals surface area contributed by atoms with E-state index >= 15 is 0 Å². The van der Waals surface area contributed by atoms with Crippen LogP contribution in [0.5, 0.6) is 0 Å². The smallest absolute Gasteiger partial charge is 0.327 e. The van der Waals surface area contributed by atoms with E-state index < -0.39 is 7.60 Å². The van der Waals surface area contributed by atoms with Crippen molar-refractivity contribution >= 4 is 13.3 Å². The summed E-state index contributed by atoms with van der Waals surface area (Å²) < 4.78 is 11.0. The molecule has 0 bridgehead atoms. The van der Waals surface area contributed by atoms with E-state index in [0.29, 0.717) is 28.5 Å². The van der Waals surface area contributed by atoms with Gasteiger partial charge in [0.25, 0.3) is 0 Å². The van der Waals surface area contributed by atoms with Gasteiger partial charge >= 0.3 is 7.60 Å². The van der Waals surface area contributed by atoms with Crippen LogP contribution < -0.4 is 5.32 Å². The van der Waals surface area contributed by atoms with Gasteiger partial charge in [0, 0.05) is 24.6 Å². The lowest BCUT2D eigenvalue weighted by molar-refractivity contribution is 0.374. The van der Waals surface area contributed by atoms with Crippen molar-refractivity contribution < 1.29 is 14.4 Å². The Morgan fingerprint density at radius 3 is 1.88 bits per heavy atom. The van der Waals surface area contributed by atoms with Crippen LogP contribution in [0.25, 0.3) is 22.8 Å². The van der Waals surface area contributed by atoms with Crippen molar-refractivity contribution in [3.8, 4) is 22.8 Å². The third kappa shape index (κ3) is 4.93. The summed E-state index contributed by atoms with van der Waals surface area (Å²) in [6, 6.07) is 14.7. The van der Waals surface area contributed by atoms with E-state index in [1.165, 1.54) is 0 Å². The minimum Gasteiger partial charge on any atom is -0.384 e. The van der Waals surface area contributed by atoms with Crippen LogP contribution in [0.15, 0.2) is 60.9 Å². The van der Waals surface area contributed by atoms with Crippen LogP contribution in [0.2, 0.25) is 0 Å². The lowest BCUT2D eigenvalue weighted by Gasteiger charge is -2.11. The van der Waals surface area contributed by atoms with E-state index in [9.17, 15) is 4.57 Å². The fourth-order valence-electron chi connectivity index (χ4n) is 2.27. The van der Waals surface area contributed by atoms with E-state index in [1.54, 1.807) is 24.5 Å². The van der Waals surface area contributed by atoms with E-state index in [0.717, 1.165) is 0 Å². The van der Waals surface area contributed by atoms with Crippen LogP contribution in [-0.2, 0) is 4.57 Å². The van der Waals surface area contributed by atoms with Crippen LogP contribution in [0.1, 0.15) is 0 Å².